The van der Waals surface area contributed by atoms with Gasteiger partial charge in [-0.05, 0) is 43.7 Å². The van der Waals surface area contributed by atoms with Gasteiger partial charge in [-0.15, -0.1) is 11.3 Å². The van der Waals surface area contributed by atoms with E-state index in [9.17, 15) is 4.79 Å². The quantitative estimate of drug-likeness (QED) is 0.456. The monoisotopic (exact) mass is 415 g/mol. The van der Waals surface area contributed by atoms with Crippen LogP contribution in [0.2, 0.25) is 0 Å². The van der Waals surface area contributed by atoms with Gasteiger partial charge in [0.1, 0.15) is 0 Å². The first-order chi connectivity index (χ1) is 14.6. The Morgan fingerprint density at radius 3 is 2.50 bits per heavy atom. The molecule has 2 aromatic carbocycles. The number of amides is 1. The van der Waals surface area contributed by atoms with Crippen molar-refractivity contribution in [3.05, 3.63) is 88.5 Å². The van der Waals surface area contributed by atoms with Crippen molar-refractivity contribution in [1.82, 2.24) is 20.3 Å². The van der Waals surface area contributed by atoms with Gasteiger partial charge in [0.25, 0.3) is 5.91 Å². The highest BCUT2D eigenvalue weighted by molar-refractivity contribution is 7.09. The molecule has 0 bridgehead atoms. The van der Waals surface area contributed by atoms with E-state index in [0.717, 1.165) is 27.5 Å². The number of carbonyl (C=O) groups is 1. The normalized spacial score (nSPS) is 11.7. The van der Waals surface area contributed by atoms with Crippen LogP contribution in [-0.4, -0.2) is 20.9 Å². The van der Waals surface area contributed by atoms with Gasteiger partial charge in [0.05, 0.1) is 16.7 Å². The first-order valence-electron chi connectivity index (χ1n) is 9.56. The van der Waals surface area contributed by atoms with Gasteiger partial charge in [0, 0.05) is 34.6 Å². The van der Waals surface area contributed by atoms with E-state index in [1.165, 1.54) is 0 Å². The van der Waals surface area contributed by atoms with Crippen molar-refractivity contribution in [2.75, 3.05) is 5.32 Å². The predicted octanol–water partition coefficient (Wildman–Crippen LogP) is 5.14. The lowest BCUT2D eigenvalue weighted by Gasteiger charge is -2.15. The molecule has 0 aliphatic rings. The third-order valence-corrected chi connectivity index (χ3v) is 5.39. The van der Waals surface area contributed by atoms with E-state index >= 15 is 0 Å². The smallest absolute Gasteiger partial charge is 0.251 e. The minimum Gasteiger partial charge on any atom is -0.346 e. The van der Waals surface area contributed by atoms with Crippen LogP contribution in [0.5, 0.6) is 0 Å². The van der Waals surface area contributed by atoms with Crippen LogP contribution >= 0.6 is 11.3 Å². The Bertz CT molecular complexity index is 1140. The highest BCUT2D eigenvalue weighted by Gasteiger charge is 2.13. The van der Waals surface area contributed by atoms with Crippen molar-refractivity contribution < 1.29 is 4.79 Å². The summed E-state index contributed by atoms with van der Waals surface area (Å²) in [6.45, 7) is 3.97. The van der Waals surface area contributed by atoms with Crippen molar-refractivity contribution >= 4 is 28.9 Å². The molecule has 2 N–H and O–H groups in total. The van der Waals surface area contributed by atoms with Crippen molar-refractivity contribution in [3.8, 4) is 11.3 Å². The van der Waals surface area contributed by atoms with Gasteiger partial charge < -0.3 is 10.6 Å². The van der Waals surface area contributed by atoms with Crippen LogP contribution in [-0.2, 0) is 0 Å². The van der Waals surface area contributed by atoms with Crippen molar-refractivity contribution in [2.24, 2.45) is 0 Å². The molecule has 0 spiro atoms. The fraction of sp³-hybridized carbons (Fsp3) is 0.130. The van der Waals surface area contributed by atoms with E-state index in [1.54, 1.807) is 41.9 Å². The lowest BCUT2D eigenvalue weighted by Crippen LogP contribution is -2.26. The molecule has 1 amide bonds. The maximum Gasteiger partial charge on any atom is 0.251 e. The van der Waals surface area contributed by atoms with Crippen molar-refractivity contribution in [2.45, 2.75) is 19.9 Å². The molecule has 0 fully saturated rings. The van der Waals surface area contributed by atoms with Crippen molar-refractivity contribution in [3.63, 3.8) is 0 Å². The molecular formula is C23H21N5OS. The molecule has 0 saturated carbocycles. The Hall–Kier alpha value is -3.58. The van der Waals surface area contributed by atoms with E-state index in [-0.39, 0.29) is 11.9 Å². The van der Waals surface area contributed by atoms with Crippen LogP contribution in [0.15, 0.2) is 72.4 Å². The highest BCUT2D eigenvalue weighted by Crippen LogP contribution is 2.24. The van der Waals surface area contributed by atoms with Gasteiger partial charge in [-0.1, -0.05) is 30.3 Å². The molecule has 6 nitrogen and oxygen atoms in total. The first-order valence-corrected chi connectivity index (χ1v) is 10.4. The Balaban J connectivity index is 1.42. The standard InChI is InChI=1S/C23H21N5OS/c1-15(17-7-9-18(10-8-17)21-14-30-16(2)27-21)26-22(29)19-5-3-6-20(13-19)28-23-24-11-4-12-25-23/h3-15H,1-2H3,(H,26,29)(H,24,25,28)/t15-/m0/s1. The third kappa shape index (κ3) is 4.69. The maximum atomic E-state index is 12.7. The topological polar surface area (TPSA) is 79.8 Å². The molecule has 0 aliphatic heterocycles. The van der Waals surface area contributed by atoms with Gasteiger partial charge in [0.15, 0.2) is 0 Å². The average Bonchev–Trinajstić information content (AvgIpc) is 3.21. The number of aromatic nitrogens is 3. The van der Waals surface area contributed by atoms with Crippen LogP contribution in [0, 0.1) is 6.92 Å². The molecule has 4 rings (SSSR count). The SMILES string of the molecule is Cc1nc(-c2ccc([C@H](C)NC(=O)c3cccc(Nc4ncccn4)c3)cc2)cs1. The fourth-order valence-electron chi connectivity index (χ4n) is 3.03. The zero-order valence-corrected chi connectivity index (χ0v) is 17.5. The summed E-state index contributed by atoms with van der Waals surface area (Å²) >= 11 is 1.64. The Morgan fingerprint density at radius 2 is 1.80 bits per heavy atom. The molecule has 0 radical (unpaired) electrons. The fourth-order valence-corrected chi connectivity index (χ4v) is 3.65. The lowest BCUT2D eigenvalue weighted by atomic mass is 10.0. The number of aryl methyl sites for hydroxylation is 1. The molecule has 7 heteroatoms. The lowest BCUT2D eigenvalue weighted by molar-refractivity contribution is 0.0940. The van der Waals surface area contributed by atoms with Crippen LogP contribution < -0.4 is 10.6 Å². The number of benzene rings is 2. The van der Waals surface area contributed by atoms with Gasteiger partial charge >= 0.3 is 0 Å². The largest absolute Gasteiger partial charge is 0.346 e. The number of thiazole rings is 1. The Labute approximate surface area is 179 Å². The minimum atomic E-state index is -0.140. The average molecular weight is 416 g/mol. The van der Waals surface area contributed by atoms with Crippen LogP contribution in [0.1, 0.15) is 33.9 Å². The summed E-state index contributed by atoms with van der Waals surface area (Å²) in [4.78, 5) is 25.5. The Morgan fingerprint density at radius 1 is 1.03 bits per heavy atom. The van der Waals surface area contributed by atoms with E-state index < -0.39 is 0 Å². The predicted molar refractivity (Wildman–Crippen MR) is 120 cm³/mol. The van der Waals surface area contributed by atoms with Crippen molar-refractivity contribution in [1.29, 1.82) is 0 Å². The number of anilines is 2. The number of hydrogen-bond acceptors (Lipinski definition) is 6. The molecule has 2 heterocycles. The number of carbonyl (C=O) groups excluding carboxylic acids is 1. The van der Waals surface area contributed by atoms with Crippen LogP contribution in [0.3, 0.4) is 0 Å². The molecule has 0 unspecified atom stereocenters. The van der Waals surface area contributed by atoms with Gasteiger partial charge in [0.2, 0.25) is 5.95 Å². The van der Waals surface area contributed by atoms with E-state index in [4.69, 9.17) is 0 Å². The molecule has 150 valence electrons. The molecule has 1 atom stereocenters. The molecule has 0 aliphatic carbocycles. The number of hydrogen-bond donors (Lipinski definition) is 2. The summed E-state index contributed by atoms with van der Waals surface area (Å²) < 4.78 is 0. The highest BCUT2D eigenvalue weighted by atomic mass is 32.1. The van der Waals surface area contributed by atoms with Crippen LogP contribution in [0.4, 0.5) is 11.6 Å². The summed E-state index contributed by atoms with van der Waals surface area (Å²) in [5.41, 5.74) is 4.41. The van der Waals surface area contributed by atoms with Gasteiger partial charge in [-0.2, -0.15) is 0 Å². The molecule has 30 heavy (non-hydrogen) atoms. The Kier molecular flexibility index (Phi) is 5.81. The molecule has 0 saturated heterocycles. The number of nitrogens with one attached hydrogen (secondary N) is 2. The maximum absolute atomic E-state index is 12.7. The van der Waals surface area contributed by atoms with E-state index in [0.29, 0.717) is 11.5 Å². The summed E-state index contributed by atoms with van der Waals surface area (Å²) in [5, 5.41) is 9.25. The molecule has 2 aromatic heterocycles. The van der Waals surface area contributed by atoms with Crippen LogP contribution in [0.25, 0.3) is 11.3 Å². The minimum absolute atomic E-state index is 0.127. The molecular weight excluding hydrogens is 394 g/mol. The summed E-state index contributed by atoms with van der Waals surface area (Å²) in [7, 11) is 0. The summed E-state index contributed by atoms with van der Waals surface area (Å²) in [5.74, 6) is 0.346. The number of rotatable bonds is 6. The second-order valence-electron chi connectivity index (χ2n) is 6.85. The zero-order valence-electron chi connectivity index (χ0n) is 16.7. The number of nitrogens with zero attached hydrogens (tertiary/aromatic N) is 3. The van der Waals surface area contributed by atoms with Gasteiger partial charge in [-0.3, -0.25) is 4.79 Å². The first kappa shape index (κ1) is 19.7. The second-order valence-corrected chi connectivity index (χ2v) is 7.91. The third-order valence-electron chi connectivity index (χ3n) is 4.62. The van der Waals surface area contributed by atoms with Gasteiger partial charge in [-0.25, -0.2) is 15.0 Å². The zero-order chi connectivity index (χ0) is 20.9. The van der Waals surface area contributed by atoms with E-state index in [1.807, 2.05) is 50.2 Å². The van der Waals surface area contributed by atoms with E-state index in [2.05, 4.69) is 31.0 Å². The second kappa shape index (κ2) is 8.84. The summed E-state index contributed by atoms with van der Waals surface area (Å²) in [6, 6.07) is 17.0. The molecule has 4 aromatic rings. The summed E-state index contributed by atoms with van der Waals surface area (Å²) in [6.07, 6.45) is 3.32.